The summed E-state index contributed by atoms with van der Waals surface area (Å²) in [5.41, 5.74) is 15.6. The first-order valence-electron chi connectivity index (χ1n) is 14.3. The van der Waals surface area contributed by atoms with Crippen molar-refractivity contribution in [2.45, 2.75) is 0 Å². The molecule has 0 atom stereocenters. The molecule has 0 spiro atoms. The van der Waals surface area contributed by atoms with Crippen LogP contribution in [0.2, 0.25) is 0 Å². The molecule has 0 amide bonds. The molecule has 0 unspecified atom stereocenters. The summed E-state index contributed by atoms with van der Waals surface area (Å²) in [6.45, 7) is 0. The van der Waals surface area contributed by atoms with Gasteiger partial charge in [-0.1, -0.05) is 96.4 Å². The van der Waals surface area contributed by atoms with Crippen LogP contribution in [0.4, 0.5) is 0 Å². The lowest BCUT2D eigenvalue weighted by molar-refractivity contribution is 1.18. The van der Waals surface area contributed by atoms with Gasteiger partial charge in [-0.2, -0.15) is 0 Å². The molecule has 42 heavy (non-hydrogen) atoms. The van der Waals surface area contributed by atoms with Crippen LogP contribution in [0.1, 0.15) is 5.56 Å². The van der Waals surface area contributed by atoms with Gasteiger partial charge < -0.3 is 9.13 Å². The van der Waals surface area contributed by atoms with Crippen LogP contribution in [0.3, 0.4) is 0 Å². The number of rotatable bonds is 3. The van der Waals surface area contributed by atoms with Crippen LogP contribution in [0.25, 0.3) is 71.3 Å². The van der Waals surface area contributed by atoms with Crippen molar-refractivity contribution in [3.05, 3.63) is 163 Å². The van der Waals surface area contributed by atoms with Gasteiger partial charge in [0.1, 0.15) is 0 Å². The lowest BCUT2D eigenvalue weighted by Gasteiger charge is -2.12. The van der Waals surface area contributed by atoms with Crippen molar-refractivity contribution in [3.8, 4) is 11.4 Å². The van der Waals surface area contributed by atoms with E-state index in [1.807, 2.05) is 12.2 Å². The minimum absolute atomic E-state index is 1.13. The monoisotopic (exact) mass is 532 g/mol. The third-order valence-electron chi connectivity index (χ3n) is 8.56. The van der Waals surface area contributed by atoms with Crippen molar-refractivity contribution in [1.82, 2.24) is 9.13 Å². The molecule has 0 saturated carbocycles. The van der Waals surface area contributed by atoms with Gasteiger partial charge in [0.25, 0.3) is 0 Å². The van der Waals surface area contributed by atoms with Crippen LogP contribution in [-0.2, 0) is 0 Å². The molecular weight excluding hydrogens is 508 g/mol. The van der Waals surface area contributed by atoms with Crippen molar-refractivity contribution in [3.63, 3.8) is 0 Å². The molecule has 1 aliphatic rings. The van der Waals surface area contributed by atoms with Crippen molar-refractivity contribution in [2.75, 3.05) is 0 Å². The minimum atomic E-state index is 1.13. The van der Waals surface area contributed by atoms with Gasteiger partial charge >= 0.3 is 0 Å². The maximum Gasteiger partial charge on any atom is 0.0641 e. The van der Waals surface area contributed by atoms with Gasteiger partial charge in [-0.25, -0.2) is 0 Å². The number of para-hydroxylation sites is 2. The molecule has 0 aliphatic heterocycles. The molecule has 9 rings (SSSR count). The second-order valence-electron chi connectivity index (χ2n) is 10.9. The molecule has 0 bridgehead atoms. The fourth-order valence-corrected chi connectivity index (χ4v) is 6.72. The van der Waals surface area contributed by atoms with Crippen molar-refractivity contribution >= 4 is 60.0 Å². The standard InChI is InChI=1S/C40H24N2/c1-2-11-27(12-3-1)30-15-10-16-31(25-30)42-36-19-8-6-17-33(36)34-23-24-38-39(40(34)42)35-18-7-9-20-37(35)41(38)32-22-21-28-13-4-5-14-29(28)26-32/h2,4-26H. The van der Waals surface area contributed by atoms with E-state index in [9.17, 15) is 0 Å². The van der Waals surface area contributed by atoms with Crippen LogP contribution in [0, 0.1) is 0 Å². The highest BCUT2D eigenvalue weighted by atomic mass is 15.0. The van der Waals surface area contributed by atoms with Gasteiger partial charge in [0, 0.05) is 32.9 Å². The van der Waals surface area contributed by atoms with Crippen LogP contribution in [0.5, 0.6) is 0 Å². The molecule has 2 heteroatoms. The van der Waals surface area contributed by atoms with Crippen LogP contribution in [0.15, 0.2) is 157 Å². The second kappa shape index (κ2) is 8.86. The predicted octanol–water partition coefficient (Wildman–Crippen LogP) is 10.3. The SMILES string of the molecule is C1=C=CC(c2cccc(-n3c4ccccc4c4ccc5c(c6ccccc6n5-c5ccc6ccccc6c5)c43)c2)=CC=1. The maximum atomic E-state index is 3.11. The number of fused-ring (bicyclic) bond motifs is 8. The van der Waals surface area contributed by atoms with Crippen LogP contribution >= 0.6 is 0 Å². The van der Waals surface area contributed by atoms with Gasteiger partial charge in [-0.05, 0) is 82.6 Å². The molecule has 2 aromatic heterocycles. The smallest absolute Gasteiger partial charge is 0.0641 e. The Bertz CT molecular complexity index is 2540. The molecule has 0 saturated heterocycles. The van der Waals surface area contributed by atoms with E-state index in [1.54, 1.807) is 0 Å². The summed E-state index contributed by atoms with van der Waals surface area (Å²) in [4.78, 5) is 0. The lowest BCUT2D eigenvalue weighted by atomic mass is 10.0. The van der Waals surface area contributed by atoms with Gasteiger partial charge in [0.15, 0.2) is 0 Å². The van der Waals surface area contributed by atoms with E-state index in [0.29, 0.717) is 0 Å². The van der Waals surface area contributed by atoms with Gasteiger partial charge in [-0.3, -0.25) is 0 Å². The fraction of sp³-hybridized carbons (Fsp3) is 0. The highest BCUT2D eigenvalue weighted by Crippen LogP contribution is 2.42. The Labute approximate surface area is 242 Å². The minimum Gasteiger partial charge on any atom is -0.309 e. The van der Waals surface area contributed by atoms with E-state index >= 15 is 0 Å². The maximum absolute atomic E-state index is 3.11. The van der Waals surface area contributed by atoms with E-state index in [0.717, 1.165) is 16.8 Å². The van der Waals surface area contributed by atoms with Crippen LogP contribution in [-0.4, -0.2) is 9.13 Å². The summed E-state index contributed by atoms with van der Waals surface area (Å²) in [6.07, 6.45) is 6.02. The summed E-state index contributed by atoms with van der Waals surface area (Å²) in [7, 11) is 0. The first kappa shape index (κ1) is 23.0. The predicted molar refractivity (Wildman–Crippen MR) is 177 cm³/mol. The zero-order valence-electron chi connectivity index (χ0n) is 22.8. The quantitative estimate of drug-likeness (QED) is 0.200. The Morgan fingerprint density at radius 2 is 1.24 bits per heavy atom. The first-order chi connectivity index (χ1) is 20.8. The molecule has 0 radical (unpaired) electrons. The Morgan fingerprint density at radius 3 is 2.10 bits per heavy atom. The first-order valence-corrected chi connectivity index (χ1v) is 14.3. The molecule has 1 aliphatic carbocycles. The van der Waals surface area contributed by atoms with Crippen molar-refractivity contribution < 1.29 is 0 Å². The van der Waals surface area contributed by atoms with E-state index in [1.165, 1.54) is 60.1 Å². The van der Waals surface area contributed by atoms with Crippen molar-refractivity contribution in [1.29, 1.82) is 0 Å². The third kappa shape index (κ3) is 3.28. The highest BCUT2D eigenvalue weighted by Gasteiger charge is 2.21. The van der Waals surface area contributed by atoms with Gasteiger partial charge in [-0.15, -0.1) is 0 Å². The number of aromatic nitrogens is 2. The molecule has 2 nitrogen and oxygen atoms in total. The number of hydrogen-bond donors (Lipinski definition) is 0. The molecule has 0 N–H and O–H groups in total. The number of allylic oxidation sites excluding steroid dienone is 4. The Balaban J connectivity index is 1.42. The number of nitrogens with zero attached hydrogens (tertiary/aromatic N) is 2. The topological polar surface area (TPSA) is 9.86 Å². The molecule has 8 aromatic rings. The zero-order chi connectivity index (χ0) is 27.6. The largest absolute Gasteiger partial charge is 0.309 e. The third-order valence-corrected chi connectivity index (χ3v) is 8.56. The molecule has 0 fully saturated rings. The van der Waals surface area contributed by atoms with Crippen molar-refractivity contribution in [2.24, 2.45) is 0 Å². The second-order valence-corrected chi connectivity index (χ2v) is 10.9. The van der Waals surface area contributed by atoms with E-state index < -0.39 is 0 Å². The fourth-order valence-electron chi connectivity index (χ4n) is 6.72. The number of hydrogen-bond acceptors (Lipinski definition) is 0. The van der Waals surface area contributed by atoms with Gasteiger partial charge in [0.05, 0.1) is 22.1 Å². The van der Waals surface area contributed by atoms with E-state index in [-0.39, 0.29) is 0 Å². The number of benzene rings is 6. The Morgan fingerprint density at radius 1 is 0.476 bits per heavy atom. The summed E-state index contributed by atoms with van der Waals surface area (Å²) in [5, 5.41) is 7.51. The normalized spacial score (nSPS) is 12.8. The molecule has 194 valence electrons. The molecular formula is C40H24N2. The average molecular weight is 533 g/mol. The summed E-state index contributed by atoms with van der Waals surface area (Å²) >= 11 is 0. The summed E-state index contributed by atoms with van der Waals surface area (Å²) < 4.78 is 4.87. The average Bonchev–Trinajstić information content (AvgIpc) is 3.58. The summed E-state index contributed by atoms with van der Waals surface area (Å²) in [5.74, 6) is 0. The lowest BCUT2D eigenvalue weighted by Crippen LogP contribution is -1.96. The van der Waals surface area contributed by atoms with E-state index in [2.05, 4.69) is 154 Å². The zero-order valence-corrected chi connectivity index (χ0v) is 22.8. The van der Waals surface area contributed by atoms with Gasteiger partial charge in [0.2, 0.25) is 0 Å². The highest BCUT2D eigenvalue weighted by molar-refractivity contribution is 6.26. The molecule has 2 heterocycles. The van der Waals surface area contributed by atoms with E-state index in [4.69, 9.17) is 0 Å². The van der Waals surface area contributed by atoms with Crippen LogP contribution < -0.4 is 0 Å². The summed E-state index contributed by atoms with van der Waals surface area (Å²) in [6, 6.07) is 46.4. The molecule has 6 aromatic carbocycles. The Kier molecular flexibility index (Phi) is 4.85. The Hall–Kier alpha value is -5.78.